The molecule has 1 saturated heterocycles. The highest BCUT2D eigenvalue weighted by atomic mass is 19.4. The first-order valence-electron chi connectivity index (χ1n) is 11.6. The molecule has 11 heteroatoms. The van der Waals surface area contributed by atoms with Crippen LogP contribution in [0.3, 0.4) is 0 Å². The molecule has 1 aliphatic heterocycles. The van der Waals surface area contributed by atoms with E-state index in [-0.39, 0.29) is 17.4 Å². The molecule has 1 atom stereocenters. The zero-order valence-electron chi connectivity index (χ0n) is 19.9. The number of hydrogen-bond donors (Lipinski definition) is 0. The fourth-order valence-corrected chi connectivity index (χ4v) is 4.23. The number of alkyl halides is 3. The first-order valence-corrected chi connectivity index (χ1v) is 11.6. The molecule has 0 N–H and O–H groups in total. The van der Waals surface area contributed by atoms with Crippen LogP contribution < -0.4 is 0 Å². The summed E-state index contributed by atoms with van der Waals surface area (Å²) in [6.45, 7) is 7.59. The molecule has 0 radical (unpaired) electrons. The normalized spacial score (nSPS) is 16.4. The van der Waals surface area contributed by atoms with Crippen molar-refractivity contribution in [3.05, 3.63) is 71.4 Å². The van der Waals surface area contributed by atoms with Gasteiger partial charge in [-0.2, -0.15) is 23.1 Å². The highest BCUT2D eigenvalue weighted by Gasteiger charge is 2.31. The lowest BCUT2D eigenvalue weighted by atomic mass is 10.1. The molecule has 36 heavy (non-hydrogen) atoms. The summed E-state index contributed by atoms with van der Waals surface area (Å²) in [4.78, 5) is 13.3. The predicted octanol–water partition coefficient (Wildman–Crippen LogP) is 4.99. The number of piperazine rings is 1. The highest BCUT2D eigenvalue weighted by molar-refractivity contribution is 5.56. The first-order chi connectivity index (χ1) is 17.3. The average Bonchev–Trinajstić information content (AvgIpc) is 3.54. The second-order valence-corrected chi connectivity index (χ2v) is 8.90. The van der Waals surface area contributed by atoms with Crippen molar-refractivity contribution < 1.29 is 22.2 Å². The summed E-state index contributed by atoms with van der Waals surface area (Å²) in [6, 6.07) is 12.7. The number of nitrogens with zero attached hydrogens (tertiary/aromatic N) is 6. The molecule has 4 aromatic rings. The fraction of sp³-hybridized carbons (Fsp3) is 0.360. The van der Waals surface area contributed by atoms with Crippen molar-refractivity contribution in [1.82, 2.24) is 30.1 Å². The topological polar surface area (TPSA) is 84.3 Å². The van der Waals surface area contributed by atoms with Gasteiger partial charge in [0.15, 0.2) is 0 Å². The van der Waals surface area contributed by atoms with E-state index in [4.69, 9.17) is 9.05 Å². The summed E-state index contributed by atoms with van der Waals surface area (Å²) < 4.78 is 50.0. The van der Waals surface area contributed by atoms with E-state index >= 15 is 0 Å². The fourth-order valence-electron chi connectivity index (χ4n) is 4.23. The van der Waals surface area contributed by atoms with Crippen LogP contribution in [0.5, 0.6) is 0 Å². The quantitative estimate of drug-likeness (QED) is 0.368. The summed E-state index contributed by atoms with van der Waals surface area (Å²) in [5.41, 5.74) is 1.57. The minimum absolute atomic E-state index is 0.141. The monoisotopic (exact) mass is 498 g/mol. The average molecular weight is 499 g/mol. The molecule has 1 aliphatic rings. The Balaban J connectivity index is 1.18. The van der Waals surface area contributed by atoms with Gasteiger partial charge in [0.2, 0.25) is 23.4 Å². The lowest BCUT2D eigenvalue weighted by molar-refractivity contribution is -0.137. The van der Waals surface area contributed by atoms with E-state index in [2.05, 4.69) is 30.1 Å². The summed E-state index contributed by atoms with van der Waals surface area (Å²) in [5, 5.41) is 8.02. The number of aromatic nitrogens is 4. The first kappa shape index (κ1) is 24.1. The Morgan fingerprint density at radius 3 is 2.28 bits per heavy atom. The molecule has 5 rings (SSSR count). The summed E-state index contributed by atoms with van der Waals surface area (Å²) in [6.07, 6.45) is -4.43. The van der Waals surface area contributed by atoms with Gasteiger partial charge in [0, 0.05) is 37.3 Å². The second kappa shape index (κ2) is 9.82. The maximum atomic E-state index is 13.0. The van der Waals surface area contributed by atoms with Crippen LogP contribution >= 0.6 is 0 Å². The van der Waals surface area contributed by atoms with Gasteiger partial charge in [0.25, 0.3) is 0 Å². The Morgan fingerprint density at radius 1 is 0.889 bits per heavy atom. The highest BCUT2D eigenvalue weighted by Crippen LogP contribution is 2.32. The summed E-state index contributed by atoms with van der Waals surface area (Å²) in [5.74, 6) is 1.66. The van der Waals surface area contributed by atoms with Gasteiger partial charge < -0.3 is 9.05 Å². The maximum absolute atomic E-state index is 13.0. The van der Waals surface area contributed by atoms with E-state index in [0.717, 1.165) is 49.4 Å². The second-order valence-electron chi connectivity index (χ2n) is 8.90. The molecule has 1 unspecified atom stereocenters. The minimum atomic E-state index is -4.43. The van der Waals surface area contributed by atoms with Crippen LogP contribution in [0.2, 0.25) is 0 Å². The lowest BCUT2D eigenvalue weighted by Crippen LogP contribution is -2.46. The molecule has 0 spiro atoms. The van der Waals surface area contributed by atoms with Crippen LogP contribution in [0.25, 0.3) is 22.8 Å². The molecule has 0 saturated carbocycles. The number of hydrogen-bond acceptors (Lipinski definition) is 8. The summed E-state index contributed by atoms with van der Waals surface area (Å²) in [7, 11) is 0. The van der Waals surface area contributed by atoms with Crippen molar-refractivity contribution in [3.8, 4) is 22.8 Å². The zero-order valence-corrected chi connectivity index (χ0v) is 19.9. The van der Waals surface area contributed by atoms with Crippen LogP contribution in [-0.4, -0.2) is 56.3 Å². The van der Waals surface area contributed by atoms with Gasteiger partial charge in [-0.3, -0.25) is 9.80 Å². The van der Waals surface area contributed by atoms with Crippen LogP contribution in [0.4, 0.5) is 13.2 Å². The van der Waals surface area contributed by atoms with Crippen molar-refractivity contribution in [1.29, 1.82) is 0 Å². The van der Waals surface area contributed by atoms with E-state index in [1.807, 2.05) is 38.1 Å². The molecule has 8 nitrogen and oxygen atoms in total. The number of rotatable bonds is 6. The molecule has 2 aromatic heterocycles. The van der Waals surface area contributed by atoms with Crippen molar-refractivity contribution in [2.45, 2.75) is 32.6 Å². The molecule has 0 aliphatic carbocycles. The molecule has 1 fully saturated rings. The molecule has 188 valence electrons. The number of halogens is 3. The van der Waals surface area contributed by atoms with Gasteiger partial charge >= 0.3 is 6.18 Å². The Hall–Kier alpha value is -3.57. The van der Waals surface area contributed by atoms with Gasteiger partial charge in [0.1, 0.15) is 0 Å². The standard InChI is InChI=1S/C25H25F3N6O2/c1-16-5-3-6-18(13-16)22-29-21(35-31-22)15-33-9-11-34(12-10-33)17(2)24-30-23(32-36-24)19-7-4-8-20(14-19)25(26,27)28/h3-8,13-14,17H,9-12,15H2,1-2H3. The van der Waals surface area contributed by atoms with Gasteiger partial charge in [-0.1, -0.05) is 46.2 Å². The van der Waals surface area contributed by atoms with Crippen molar-refractivity contribution in [3.63, 3.8) is 0 Å². The Bertz CT molecular complexity index is 1330. The van der Waals surface area contributed by atoms with Crippen LogP contribution in [0.15, 0.2) is 57.6 Å². The third-order valence-corrected chi connectivity index (χ3v) is 6.31. The molecular weight excluding hydrogens is 473 g/mol. The van der Waals surface area contributed by atoms with Crippen LogP contribution in [0.1, 0.15) is 35.9 Å². The van der Waals surface area contributed by atoms with Gasteiger partial charge in [-0.25, -0.2) is 0 Å². The molecule has 0 bridgehead atoms. The van der Waals surface area contributed by atoms with Crippen molar-refractivity contribution >= 4 is 0 Å². The Morgan fingerprint density at radius 2 is 1.56 bits per heavy atom. The molecule has 2 aromatic carbocycles. The van der Waals surface area contributed by atoms with Gasteiger partial charge in [-0.05, 0) is 32.0 Å². The van der Waals surface area contributed by atoms with Crippen LogP contribution in [-0.2, 0) is 12.7 Å². The molecule has 3 heterocycles. The minimum Gasteiger partial charge on any atom is -0.338 e. The zero-order chi connectivity index (χ0) is 25.3. The lowest BCUT2D eigenvalue weighted by Gasteiger charge is -2.36. The van der Waals surface area contributed by atoms with Gasteiger partial charge in [-0.15, -0.1) is 0 Å². The van der Waals surface area contributed by atoms with E-state index < -0.39 is 11.7 Å². The van der Waals surface area contributed by atoms with Crippen molar-refractivity contribution in [2.24, 2.45) is 0 Å². The number of benzene rings is 2. The summed E-state index contributed by atoms with van der Waals surface area (Å²) >= 11 is 0. The van der Waals surface area contributed by atoms with E-state index in [9.17, 15) is 13.2 Å². The Labute approximate surface area is 205 Å². The predicted molar refractivity (Wildman–Crippen MR) is 124 cm³/mol. The third-order valence-electron chi connectivity index (χ3n) is 6.31. The SMILES string of the molecule is Cc1cccc(-c2noc(CN3CCN(C(C)c4nc(-c5cccc(C(F)(F)F)c5)no4)CC3)n2)c1. The molecular formula is C25H25F3N6O2. The smallest absolute Gasteiger partial charge is 0.338 e. The van der Waals surface area contributed by atoms with E-state index in [1.54, 1.807) is 0 Å². The maximum Gasteiger partial charge on any atom is 0.416 e. The van der Waals surface area contributed by atoms with E-state index in [1.165, 1.54) is 12.1 Å². The van der Waals surface area contributed by atoms with Crippen LogP contribution in [0, 0.1) is 6.92 Å². The van der Waals surface area contributed by atoms with Crippen molar-refractivity contribution in [2.75, 3.05) is 26.2 Å². The third kappa shape index (κ3) is 5.31. The van der Waals surface area contributed by atoms with Gasteiger partial charge in [0.05, 0.1) is 18.2 Å². The number of aryl methyl sites for hydroxylation is 1. The Kier molecular flexibility index (Phi) is 6.59. The largest absolute Gasteiger partial charge is 0.416 e. The van der Waals surface area contributed by atoms with E-state index in [0.29, 0.717) is 24.2 Å². The molecule has 0 amide bonds.